The number of ether oxygens (including phenoxy) is 1. The maximum Gasteiger partial charge on any atom is 0.131 e. The summed E-state index contributed by atoms with van der Waals surface area (Å²) >= 11 is 3.44. The second-order valence-electron chi connectivity index (χ2n) is 4.79. The Labute approximate surface area is 130 Å². The van der Waals surface area contributed by atoms with Crippen molar-refractivity contribution in [1.29, 1.82) is 0 Å². The minimum absolute atomic E-state index is 0.175. The van der Waals surface area contributed by atoms with E-state index in [-0.39, 0.29) is 12.4 Å². The van der Waals surface area contributed by atoms with Gasteiger partial charge in [0.25, 0.3) is 0 Å². The van der Waals surface area contributed by atoms with Gasteiger partial charge in [-0.3, -0.25) is 0 Å². The summed E-state index contributed by atoms with van der Waals surface area (Å²) in [5, 5.41) is 2.20. The standard InChI is InChI=1S/C17H13BrFNO/c18-14-4-1-12-8-16(6-3-11(12)7-14)21-10-13-2-5-15(20)9-17(13)19/h1-9H,10,20H2. The van der Waals surface area contributed by atoms with Crippen molar-refractivity contribution in [3.8, 4) is 5.75 Å². The van der Waals surface area contributed by atoms with Gasteiger partial charge in [0, 0.05) is 15.7 Å². The van der Waals surface area contributed by atoms with Gasteiger partial charge in [-0.15, -0.1) is 0 Å². The molecule has 0 aliphatic rings. The van der Waals surface area contributed by atoms with E-state index < -0.39 is 0 Å². The maximum absolute atomic E-state index is 13.7. The zero-order chi connectivity index (χ0) is 14.8. The van der Waals surface area contributed by atoms with E-state index >= 15 is 0 Å². The summed E-state index contributed by atoms with van der Waals surface area (Å²) in [5.41, 5.74) is 6.42. The van der Waals surface area contributed by atoms with Gasteiger partial charge in [0.05, 0.1) is 0 Å². The average Bonchev–Trinajstić information content (AvgIpc) is 2.46. The van der Waals surface area contributed by atoms with Crippen LogP contribution >= 0.6 is 15.9 Å². The van der Waals surface area contributed by atoms with Crippen LogP contribution in [-0.4, -0.2) is 0 Å². The van der Waals surface area contributed by atoms with E-state index in [1.54, 1.807) is 12.1 Å². The summed E-state index contributed by atoms with van der Waals surface area (Å²) in [4.78, 5) is 0. The Morgan fingerprint density at radius 1 is 0.952 bits per heavy atom. The van der Waals surface area contributed by atoms with Crippen molar-refractivity contribution < 1.29 is 9.13 Å². The Bertz CT molecular complexity index is 804. The maximum atomic E-state index is 13.7. The van der Waals surface area contributed by atoms with Gasteiger partial charge < -0.3 is 10.5 Å². The molecule has 0 aliphatic heterocycles. The molecule has 2 N–H and O–H groups in total. The Morgan fingerprint density at radius 3 is 2.52 bits per heavy atom. The first kappa shape index (κ1) is 13.9. The van der Waals surface area contributed by atoms with E-state index in [9.17, 15) is 4.39 Å². The number of hydrogen-bond acceptors (Lipinski definition) is 2. The number of hydrogen-bond donors (Lipinski definition) is 1. The largest absolute Gasteiger partial charge is 0.489 e. The summed E-state index contributed by atoms with van der Waals surface area (Å²) in [6.45, 7) is 0.175. The van der Waals surface area contributed by atoms with Crippen LogP contribution in [0.25, 0.3) is 10.8 Å². The highest BCUT2D eigenvalue weighted by Crippen LogP contribution is 2.25. The first-order chi connectivity index (χ1) is 10.1. The predicted molar refractivity (Wildman–Crippen MR) is 86.8 cm³/mol. The molecule has 0 saturated heterocycles. The average molecular weight is 346 g/mol. The minimum atomic E-state index is -0.347. The quantitative estimate of drug-likeness (QED) is 0.685. The highest BCUT2D eigenvalue weighted by Gasteiger charge is 2.04. The van der Waals surface area contributed by atoms with Crippen molar-refractivity contribution >= 4 is 32.4 Å². The topological polar surface area (TPSA) is 35.2 Å². The van der Waals surface area contributed by atoms with E-state index in [1.165, 1.54) is 6.07 Å². The minimum Gasteiger partial charge on any atom is -0.489 e. The van der Waals surface area contributed by atoms with Crippen molar-refractivity contribution in [2.45, 2.75) is 6.61 Å². The molecule has 4 heteroatoms. The molecule has 0 fully saturated rings. The molecule has 0 spiro atoms. The van der Waals surface area contributed by atoms with E-state index in [2.05, 4.69) is 15.9 Å². The number of anilines is 1. The molecule has 0 heterocycles. The molecule has 0 atom stereocenters. The van der Waals surface area contributed by atoms with Gasteiger partial charge in [0.1, 0.15) is 18.2 Å². The number of rotatable bonds is 3. The lowest BCUT2D eigenvalue weighted by Crippen LogP contribution is -1.99. The van der Waals surface area contributed by atoms with Gasteiger partial charge >= 0.3 is 0 Å². The molecule has 2 nitrogen and oxygen atoms in total. The van der Waals surface area contributed by atoms with Crippen LogP contribution in [0.4, 0.5) is 10.1 Å². The highest BCUT2D eigenvalue weighted by molar-refractivity contribution is 9.10. The zero-order valence-electron chi connectivity index (χ0n) is 11.1. The fourth-order valence-corrected chi connectivity index (χ4v) is 2.50. The van der Waals surface area contributed by atoms with Crippen LogP contribution in [-0.2, 0) is 6.61 Å². The fraction of sp³-hybridized carbons (Fsp3) is 0.0588. The van der Waals surface area contributed by atoms with Crippen molar-refractivity contribution in [3.63, 3.8) is 0 Å². The van der Waals surface area contributed by atoms with Crippen LogP contribution in [0.2, 0.25) is 0 Å². The van der Waals surface area contributed by atoms with Crippen molar-refractivity contribution in [2.75, 3.05) is 5.73 Å². The molecule has 3 aromatic carbocycles. The van der Waals surface area contributed by atoms with Gasteiger partial charge in [-0.05, 0) is 47.2 Å². The molecular weight excluding hydrogens is 333 g/mol. The number of nitrogen functional groups attached to an aromatic ring is 1. The molecule has 3 rings (SSSR count). The lowest BCUT2D eigenvalue weighted by atomic mass is 10.1. The summed E-state index contributed by atoms with van der Waals surface area (Å²) in [6, 6.07) is 16.4. The Hall–Kier alpha value is -2.07. The monoisotopic (exact) mass is 345 g/mol. The number of benzene rings is 3. The lowest BCUT2D eigenvalue weighted by molar-refractivity contribution is 0.300. The number of fused-ring (bicyclic) bond motifs is 1. The van der Waals surface area contributed by atoms with Crippen LogP contribution in [0.3, 0.4) is 0 Å². The van der Waals surface area contributed by atoms with Crippen LogP contribution < -0.4 is 10.5 Å². The summed E-state index contributed by atoms with van der Waals surface area (Å²) in [7, 11) is 0. The molecule has 0 aromatic heterocycles. The Balaban J connectivity index is 1.80. The van der Waals surface area contributed by atoms with Crippen LogP contribution in [0.15, 0.2) is 59.1 Å². The molecule has 0 radical (unpaired) electrons. The third kappa shape index (κ3) is 3.16. The zero-order valence-corrected chi connectivity index (χ0v) is 12.7. The van der Waals surface area contributed by atoms with Gasteiger partial charge in [-0.2, -0.15) is 0 Å². The molecule has 0 aliphatic carbocycles. The fourth-order valence-electron chi connectivity index (χ4n) is 2.13. The molecule has 0 amide bonds. The Morgan fingerprint density at radius 2 is 1.71 bits per heavy atom. The third-order valence-corrected chi connectivity index (χ3v) is 3.74. The first-order valence-electron chi connectivity index (χ1n) is 6.48. The van der Waals surface area contributed by atoms with Crippen LogP contribution in [0.5, 0.6) is 5.75 Å². The summed E-state index contributed by atoms with van der Waals surface area (Å²) in [5.74, 6) is 0.362. The second-order valence-corrected chi connectivity index (χ2v) is 5.71. The second kappa shape index (κ2) is 5.74. The van der Waals surface area contributed by atoms with Gasteiger partial charge in [0.2, 0.25) is 0 Å². The molecule has 0 saturated carbocycles. The molecular formula is C17H13BrFNO. The van der Waals surface area contributed by atoms with E-state index in [0.29, 0.717) is 17.0 Å². The SMILES string of the molecule is Nc1ccc(COc2ccc3cc(Br)ccc3c2)c(F)c1. The lowest BCUT2D eigenvalue weighted by Gasteiger charge is -2.09. The van der Waals surface area contributed by atoms with Gasteiger partial charge in [-0.25, -0.2) is 4.39 Å². The molecule has 3 aromatic rings. The van der Waals surface area contributed by atoms with Crippen molar-refractivity contribution in [3.05, 3.63) is 70.5 Å². The predicted octanol–water partition coefficient (Wildman–Crippen LogP) is 4.90. The van der Waals surface area contributed by atoms with Gasteiger partial charge in [-0.1, -0.05) is 34.1 Å². The van der Waals surface area contributed by atoms with Crippen LogP contribution in [0, 0.1) is 5.82 Å². The van der Waals surface area contributed by atoms with Crippen LogP contribution in [0.1, 0.15) is 5.56 Å². The van der Waals surface area contributed by atoms with E-state index in [1.807, 2.05) is 36.4 Å². The Kier molecular flexibility index (Phi) is 3.80. The van der Waals surface area contributed by atoms with E-state index in [4.69, 9.17) is 10.5 Å². The summed E-state index contributed by atoms with van der Waals surface area (Å²) in [6.07, 6.45) is 0. The normalized spacial score (nSPS) is 10.8. The molecule has 21 heavy (non-hydrogen) atoms. The number of nitrogens with two attached hydrogens (primary N) is 1. The smallest absolute Gasteiger partial charge is 0.131 e. The summed E-state index contributed by atoms with van der Waals surface area (Å²) < 4.78 is 20.4. The van der Waals surface area contributed by atoms with E-state index in [0.717, 1.165) is 15.2 Å². The molecule has 106 valence electrons. The third-order valence-electron chi connectivity index (χ3n) is 3.25. The van der Waals surface area contributed by atoms with Crippen molar-refractivity contribution in [1.82, 2.24) is 0 Å². The highest BCUT2D eigenvalue weighted by atomic mass is 79.9. The molecule has 0 unspecified atom stereocenters. The van der Waals surface area contributed by atoms with Crippen molar-refractivity contribution in [2.24, 2.45) is 0 Å². The van der Waals surface area contributed by atoms with Gasteiger partial charge in [0.15, 0.2) is 0 Å². The number of halogens is 2. The first-order valence-corrected chi connectivity index (χ1v) is 7.27. The molecule has 0 bridgehead atoms.